The fourth-order valence-corrected chi connectivity index (χ4v) is 8.48. The van der Waals surface area contributed by atoms with Crippen molar-refractivity contribution < 1.29 is 27.8 Å². The van der Waals surface area contributed by atoms with Crippen LogP contribution in [0.5, 0.6) is 0 Å². The molecule has 1 aromatic heterocycles. The molecule has 49 heavy (non-hydrogen) atoms. The molecule has 10 nitrogen and oxygen atoms in total. The van der Waals surface area contributed by atoms with Crippen LogP contribution in [-0.2, 0) is 19.8 Å². The number of carbonyl (C=O) groups excluding carboxylic acids is 2. The molecule has 0 unspecified atom stereocenters. The first-order valence-electron chi connectivity index (χ1n) is 16.5. The number of aliphatic imine (C=N–C) groups is 1. The van der Waals surface area contributed by atoms with E-state index in [2.05, 4.69) is 29.6 Å². The third-order valence-corrected chi connectivity index (χ3v) is 12.0. The van der Waals surface area contributed by atoms with E-state index < -0.39 is 47.6 Å². The predicted octanol–water partition coefficient (Wildman–Crippen LogP) is 7.20. The number of nitriles is 1. The lowest BCUT2D eigenvalue weighted by molar-refractivity contribution is -0.130. The van der Waals surface area contributed by atoms with E-state index in [1.807, 2.05) is 11.0 Å². The summed E-state index contributed by atoms with van der Waals surface area (Å²) in [5.74, 6) is -1.74. The Kier molecular flexibility index (Phi) is 10.4. The molecule has 2 fully saturated rings. The molecule has 14 heteroatoms. The minimum Gasteiger partial charge on any atom is -0.443 e. The van der Waals surface area contributed by atoms with Gasteiger partial charge in [-0.25, -0.2) is 28.4 Å². The van der Waals surface area contributed by atoms with Crippen molar-refractivity contribution >= 4 is 48.9 Å². The summed E-state index contributed by atoms with van der Waals surface area (Å²) in [6, 6.07) is 6.93. The number of ether oxygens (including phenoxy) is 2. The zero-order valence-corrected chi connectivity index (χ0v) is 31.0. The van der Waals surface area contributed by atoms with Crippen molar-refractivity contribution in [1.82, 2.24) is 19.8 Å². The highest BCUT2D eigenvalue weighted by atomic mass is 32.2. The molecular formula is C35H44F2N6O4SSi. The smallest absolute Gasteiger partial charge is 0.418 e. The van der Waals surface area contributed by atoms with Gasteiger partial charge in [-0.15, -0.1) is 0 Å². The minimum absolute atomic E-state index is 0.0515. The van der Waals surface area contributed by atoms with Crippen LogP contribution in [0.25, 0.3) is 11.9 Å². The molecule has 0 spiro atoms. The molecule has 1 aromatic carbocycles. The molecule has 3 heterocycles. The van der Waals surface area contributed by atoms with Crippen molar-refractivity contribution in [1.29, 1.82) is 5.26 Å². The maximum atomic E-state index is 16.0. The Labute approximate surface area is 292 Å². The monoisotopic (exact) mass is 710 g/mol. The second-order valence-electron chi connectivity index (χ2n) is 15.2. The van der Waals surface area contributed by atoms with E-state index >= 15 is 8.78 Å². The molecule has 3 aliphatic rings. The maximum Gasteiger partial charge on any atom is 0.418 e. The average molecular weight is 711 g/mol. The zero-order valence-electron chi connectivity index (χ0n) is 29.2. The van der Waals surface area contributed by atoms with Crippen LogP contribution in [0, 0.1) is 23.1 Å². The molecule has 1 aliphatic carbocycles. The number of thioether (sulfide) groups is 1. The second kappa shape index (κ2) is 13.9. The predicted molar refractivity (Wildman–Crippen MR) is 188 cm³/mol. The van der Waals surface area contributed by atoms with Gasteiger partial charge in [0.05, 0.1) is 17.9 Å². The van der Waals surface area contributed by atoms with E-state index in [-0.39, 0.29) is 34.8 Å². The maximum absolute atomic E-state index is 16.0. The molecule has 3 atom stereocenters. The van der Waals surface area contributed by atoms with E-state index in [0.29, 0.717) is 31.7 Å². The summed E-state index contributed by atoms with van der Waals surface area (Å²) in [5, 5.41) is 9.21. The quantitative estimate of drug-likeness (QED) is 0.152. The summed E-state index contributed by atoms with van der Waals surface area (Å²) in [6.45, 7) is 15.3. The van der Waals surface area contributed by atoms with Gasteiger partial charge in [0.25, 0.3) is 0 Å². The molecule has 1 saturated carbocycles. The topological polar surface area (TPSA) is 121 Å². The third-order valence-electron chi connectivity index (χ3n) is 8.85. The lowest BCUT2D eigenvalue weighted by Gasteiger charge is -2.38. The van der Waals surface area contributed by atoms with Crippen LogP contribution in [0.2, 0.25) is 25.7 Å². The third kappa shape index (κ3) is 8.21. The van der Waals surface area contributed by atoms with Gasteiger partial charge in [-0.05, 0) is 76.8 Å². The molecule has 0 bridgehead atoms. The summed E-state index contributed by atoms with van der Waals surface area (Å²) < 4.78 is 42.1. The summed E-state index contributed by atoms with van der Waals surface area (Å²) >= 11 is 1.23. The fraction of sp³-hybridized carbons (Fsp3) is 0.543. The highest BCUT2D eigenvalue weighted by Gasteiger charge is 2.72. The number of fused-ring (bicyclic) bond motifs is 1. The molecule has 262 valence electrons. The Hall–Kier alpha value is -3.67. The lowest BCUT2D eigenvalue weighted by Crippen LogP contribution is -2.49. The highest BCUT2D eigenvalue weighted by molar-refractivity contribution is 8.16. The van der Waals surface area contributed by atoms with Crippen molar-refractivity contribution in [2.45, 2.75) is 88.5 Å². The first-order chi connectivity index (χ1) is 23.0. The standard InChI is InChI=1S/C35H44F2N6O4SSi/c1-33(2,3)47-32(45)43(22-46-14-15-49(5,6)7)31-41-34(4,29-18-35(29,48-31)30(44)42-12-8-9-13-42)25-16-23(10-11-26(25)36)17-27(37)28-21-39-24(19-38)20-40-28/h10-11,16-17,20-21,29H,8-9,12-15,18,22H2,1-7H3/b27-17-/t29-,34+,35-/m0/s1. The van der Waals surface area contributed by atoms with Gasteiger partial charge in [-0.1, -0.05) is 37.5 Å². The van der Waals surface area contributed by atoms with Gasteiger partial charge in [0.1, 0.15) is 34.7 Å². The van der Waals surface area contributed by atoms with Crippen LogP contribution in [0.1, 0.15) is 69.5 Å². The molecule has 2 aliphatic heterocycles. The number of nitrogens with zero attached hydrogens (tertiary/aromatic N) is 6. The van der Waals surface area contributed by atoms with E-state index in [1.54, 1.807) is 27.7 Å². The van der Waals surface area contributed by atoms with Crippen LogP contribution in [0.3, 0.4) is 0 Å². The van der Waals surface area contributed by atoms with Gasteiger partial charge in [0.2, 0.25) is 5.91 Å². The second-order valence-corrected chi connectivity index (χ2v) is 22.1. The number of likely N-dealkylation sites (tertiary alicyclic amines) is 1. The Morgan fingerprint density at radius 2 is 1.92 bits per heavy atom. The van der Waals surface area contributed by atoms with E-state index in [9.17, 15) is 9.59 Å². The van der Waals surface area contributed by atoms with Crippen molar-refractivity contribution in [3.05, 3.63) is 58.9 Å². The molecule has 5 rings (SSSR count). The number of amides is 2. The number of carbonyl (C=O) groups is 2. The largest absolute Gasteiger partial charge is 0.443 e. The average Bonchev–Trinajstić information content (AvgIpc) is 3.54. The van der Waals surface area contributed by atoms with Gasteiger partial charge in [-0.2, -0.15) is 5.26 Å². The van der Waals surface area contributed by atoms with Crippen LogP contribution >= 0.6 is 11.8 Å². The van der Waals surface area contributed by atoms with E-state index in [4.69, 9.17) is 19.7 Å². The Balaban J connectivity index is 1.57. The Morgan fingerprint density at radius 3 is 2.53 bits per heavy atom. The lowest BCUT2D eigenvalue weighted by atomic mass is 9.84. The first kappa shape index (κ1) is 36.6. The van der Waals surface area contributed by atoms with Gasteiger partial charge in [-0.3, -0.25) is 9.79 Å². The van der Waals surface area contributed by atoms with Gasteiger partial charge >= 0.3 is 6.09 Å². The summed E-state index contributed by atoms with van der Waals surface area (Å²) in [4.78, 5) is 44.0. The molecular weight excluding hydrogens is 667 g/mol. The van der Waals surface area contributed by atoms with Crippen molar-refractivity contribution in [2.75, 3.05) is 26.4 Å². The summed E-state index contributed by atoms with van der Waals surface area (Å²) in [7, 11) is -1.44. The number of aromatic nitrogens is 2. The van der Waals surface area contributed by atoms with Crippen LogP contribution < -0.4 is 0 Å². The van der Waals surface area contributed by atoms with Crippen molar-refractivity contribution in [3.63, 3.8) is 0 Å². The number of hydrogen-bond acceptors (Lipinski definition) is 9. The zero-order chi connectivity index (χ0) is 35.8. The molecule has 2 aromatic rings. The number of amidine groups is 1. The van der Waals surface area contributed by atoms with Gasteiger partial charge < -0.3 is 14.4 Å². The number of hydrogen-bond donors (Lipinski definition) is 0. The molecule has 0 N–H and O–H groups in total. The first-order valence-corrected chi connectivity index (χ1v) is 21.0. The molecule has 1 saturated heterocycles. The minimum atomic E-state index is -1.44. The van der Waals surface area contributed by atoms with Crippen LogP contribution in [-0.4, -0.2) is 81.8 Å². The normalized spacial score (nSPS) is 23.8. The Morgan fingerprint density at radius 1 is 1.20 bits per heavy atom. The van der Waals surface area contributed by atoms with E-state index in [0.717, 1.165) is 25.1 Å². The Bertz CT molecular complexity index is 1700. The SMILES string of the molecule is CC(C)(C)OC(=O)N(COCC[Si](C)(C)C)C1=N[C@](C)(c2cc(/C=C(\F)c3cnc(C#N)cn3)ccc2F)[C@@H]2C[C@]2(C(=O)N2CCCC2)S1. The molecule has 0 radical (unpaired) electrons. The summed E-state index contributed by atoms with van der Waals surface area (Å²) in [6.07, 6.45) is 5.09. The van der Waals surface area contributed by atoms with Crippen LogP contribution in [0.15, 0.2) is 35.6 Å². The van der Waals surface area contributed by atoms with Crippen LogP contribution in [0.4, 0.5) is 13.6 Å². The number of benzene rings is 1. The highest BCUT2D eigenvalue weighted by Crippen LogP contribution is 2.67. The number of rotatable bonds is 9. The molecule has 2 amide bonds. The summed E-state index contributed by atoms with van der Waals surface area (Å²) in [5.41, 5.74) is -1.64. The van der Waals surface area contributed by atoms with Crippen molar-refractivity contribution in [3.8, 4) is 6.07 Å². The van der Waals surface area contributed by atoms with Gasteiger partial charge in [0.15, 0.2) is 16.7 Å². The van der Waals surface area contributed by atoms with Crippen molar-refractivity contribution in [2.24, 2.45) is 10.9 Å². The fourth-order valence-electron chi connectivity index (χ4n) is 6.09. The number of halogens is 2. The van der Waals surface area contributed by atoms with Gasteiger partial charge in [0, 0.05) is 39.3 Å². The van der Waals surface area contributed by atoms with E-state index in [1.165, 1.54) is 47.1 Å².